The smallest absolute Gasteiger partial charge is 0.257 e. The highest BCUT2D eigenvalue weighted by Crippen LogP contribution is 2.32. The molecule has 1 aromatic heterocycles. The Hall–Kier alpha value is -2.46. The van der Waals surface area contributed by atoms with Crippen LogP contribution in [-0.2, 0) is 6.42 Å². The first-order valence-electron chi connectivity index (χ1n) is 8.10. The van der Waals surface area contributed by atoms with E-state index in [9.17, 15) is 4.79 Å². The van der Waals surface area contributed by atoms with Gasteiger partial charge in [-0.2, -0.15) is 0 Å². The first-order chi connectivity index (χ1) is 11.7. The standard InChI is InChI=1S/C20H20N2OS/c1-3-8-17-18(15-10-5-4-6-11-15)21-20(24-17)22-19(23)16-12-7-9-14(2)13-16/h4-7,9-13H,3,8H2,1-2H3,(H,21,22,23). The van der Waals surface area contributed by atoms with E-state index in [0.29, 0.717) is 10.7 Å². The third-order valence-corrected chi connectivity index (χ3v) is 4.75. The van der Waals surface area contributed by atoms with Crippen LogP contribution in [0, 0.1) is 6.92 Å². The minimum absolute atomic E-state index is 0.116. The molecule has 0 aliphatic heterocycles. The molecular formula is C20H20N2OS. The van der Waals surface area contributed by atoms with Crippen LogP contribution < -0.4 is 5.32 Å². The summed E-state index contributed by atoms with van der Waals surface area (Å²) in [7, 11) is 0. The van der Waals surface area contributed by atoms with Gasteiger partial charge in [-0.05, 0) is 25.5 Å². The van der Waals surface area contributed by atoms with Gasteiger partial charge >= 0.3 is 0 Å². The van der Waals surface area contributed by atoms with Crippen molar-refractivity contribution in [2.45, 2.75) is 26.7 Å². The van der Waals surface area contributed by atoms with Gasteiger partial charge in [-0.15, -0.1) is 11.3 Å². The van der Waals surface area contributed by atoms with E-state index in [4.69, 9.17) is 0 Å². The number of hydrogen-bond donors (Lipinski definition) is 1. The summed E-state index contributed by atoms with van der Waals surface area (Å²) in [6.45, 7) is 4.13. The zero-order valence-electron chi connectivity index (χ0n) is 13.9. The zero-order chi connectivity index (χ0) is 16.9. The molecule has 0 unspecified atom stereocenters. The van der Waals surface area contributed by atoms with Gasteiger partial charge in [0.1, 0.15) is 0 Å². The van der Waals surface area contributed by atoms with Gasteiger partial charge in [0.05, 0.1) is 5.69 Å². The molecule has 122 valence electrons. The molecule has 1 heterocycles. The third kappa shape index (κ3) is 3.71. The van der Waals surface area contributed by atoms with E-state index in [2.05, 4.69) is 29.4 Å². The summed E-state index contributed by atoms with van der Waals surface area (Å²) < 4.78 is 0. The van der Waals surface area contributed by atoms with Crippen LogP contribution in [0.25, 0.3) is 11.3 Å². The van der Waals surface area contributed by atoms with Gasteiger partial charge in [-0.25, -0.2) is 4.98 Å². The second-order valence-corrected chi connectivity index (χ2v) is 6.81. The van der Waals surface area contributed by atoms with E-state index in [0.717, 1.165) is 29.7 Å². The number of aromatic nitrogens is 1. The van der Waals surface area contributed by atoms with E-state index in [-0.39, 0.29) is 5.91 Å². The Labute approximate surface area is 146 Å². The molecule has 0 aliphatic carbocycles. The molecule has 24 heavy (non-hydrogen) atoms. The minimum atomic E-state index is -0.116. The Morgan fingerprint density at radius 1 is 1.12 bits per heavy atom. The average Bonchev–Trinajstić information content (AvgIpc) is 2.98. The number of benzene rings is 2. The fourth-order valence-electron chi connectivity index (χ4n) is 2.58. The summed E-state index contributed by atoms with van der Waals surface area (Å²) in [5.74, 6) is -0.116. The number of rotatable bonds is 5. The lowest BCUT2D eigenvalue weighted by molar-refractivity contribution is 0.102. The SMILES string of the molecule is CCCc1sc(NC(=O)c2cccc(C)c2)nc1-c1ccccc1. The Morgan fingerprint density at radius 2 is 1.92 bits per heavy atom. The topological polar surface area (TPSA) is 42.0 Å². The number of hydrogen-bond acceptors (Lipinski definition) is 3. The van der Waals surface area contributed by atoms with Gasteiger partial charge in [0.25, 0.3) is 5.91 Å². The van der Waals surface area contributed by atoms with E-state index in [1.807, 2.05) is 49.4 Å². The van der Waals surface area contributed by atoms with Crippen molar-refractivity contribution in [1.29, 1.82) is 0 Å². The summed E-state index contributed by atoms with van der Waals surface area (Å²) in [6, 6.07) is 17.7. The molecule has 2 aromatic carbocycles. The van der Waals surface area contributed by atoms with Crippen LogP contribution in [0.4, 0.5) is 5.13 Å². The minimum Gasteiger partial charge on any atom is -0.298 e. The molecule has 3 aromatic rings. The van der Waals surface area contributed by atoms with Crippen molar-refractivity contribution >= 4 is 22.4 Å². The highest BCUT2D eigenvalue weighted by molar-refractivity contribution is 7.16. The lowest BCUT2D eigenvalue weighted by Gasteiger charge is -2.02. The van der Waals surface area contributed by atoms with Crippen LogP contribution in [0.3, 0.4) is 0 Å². The molecule has 3 nitrogen and oxygen atoms in total. The van der Waals surface area contributed by atoms with Crippen molar-refractivity contribution in [3.8, 4) is 11.3 Å². The van der Waals surface area contributed by atoms with Crippen molar-refractivity contribution in [2.75, 3.05) is 5.32 Å². The second-order valence-electron chi connectivity index (χ2n) is 5.73. The van der Waals surface area contributed by atoms with Gasteiger partial charge in [0.2, 0.25) is 0 Å². The molecule has 3 rings (SSSR count). The number of nitrogens with zero attached hydrogens (tertiary/aromatic N) is 1. The molecule has 0 saturated carbocycles. The van der Waals surface area contributed by atoms with Gasteiger partial charge in [0, 0.05) is 16.0 Å². The first kappa shape index (κ1) is 16.4. The summed E-state index contributed by atoms with van der Waals surface area (Å²) >= 11 is 1.56. The number of anilines is 1. The van der Waals surface area contributed by atoms with Crippen LogP contribution >= 0.6 is 11.3 Å². The molecule has 0 bridgehead atoms. The number of carbonyl (C=O) groups excluding carboxylic acids is 1. The van der Waals surface area contributed by atoms with Crippen molar-refractivity contribution < 1.29 is 4.79 Å². The lowest BCUT2D eigenvalue weighted by atomic mass is 10.1. The second kappa shape index (κ2) is 7.41. The van der Waals surface area contributed by atoms with Gasteiger partial charge in [-0.1, -0.05) is 61.4 Å². The highest BCUT2D eigenvalue weighted by atomic mass is 32.1. The molecule has 0 saturated heterocycles. The maximum absolute atomic E-state index is 12.4. The maximum Gasteiger partial charge on any atom is 0.257 e. The van der Waals surface area contributed by atoms with E-state index >= 15 is 0 Å². The predicted molar refractivity (Wildman–Crippen MR) is 101 cm³/mol. The zero-order valence-corrected chi connectivity index (χ0v) is 14.7. The van der Waals surface area contributed by atoms with Crippen molar-refractivity contribution in [3.63, 3.8) is 0 Å². The fourth-order valence-corrected chi connectivity index (χ4v) is 3.66. The Kier molecular flexibility index (Phi) is 5.06. The van der Waals surface area contributed by atoms with Crippen LogP contribution in [0.1, 0.15) is 34.1 Å². The molecule has 0 fully saturated rings. The molecule has 1 amide bonds. The van der Waals surface area contributed by atoms with E-state index in [1.54, 1.807) is 11.3 Å². The van der Waals surface area contributed by atoms with Crippen LogP contribution in [0.2, 0.25) is 0 Å². The molecule has 0 atom stereocenters. The summed E-state index contributed by atoms with van der Waals surface area (Å²) in [4.78, 5) is 18.3. The fraction of sp³-hybridized carbons (Fsp3) is 0.200. The van der Waals surface area contributed by atoms with Gasteiger partial charge in [0.15, 0.2) is 5.13 Å². The third-order valence-electron chi connectivity index (χ3n) is 3.72. The number of carbonyl (C=O) groups is 1. The molecule has 4 heteroatoms. The summed E-state index contributed by atoms with van der Waals surface area (Å²) in [5, 5.41) is 3.60. The number of aryl methyl sites for hydroxylation is 2. The summed E-state index contributed by atoms with van der Waals surface area (Å²) in [5.41, 5.74) is 3.79. The lowest BCUT2D eigenvalue weighted by Crippen LogP contribution is -2.11. The van der Waals surface area contributed by atoms with Gasteiger partial charge < -0.3 is 0 Å². The molecule has 0 radical (unpaired) electrons. The quantitative estimate of drug-likeness (QED) is 0.685. The Balaban J connectivity index is 1.88. The highest BCUT2D eigenvalue weighted by Gasteiger charge is 2.15. The Morgan fingerprint density at radius 3 is 2.62 bits per heavy atom. The largest absolute Gasteiger partial charge is 0.298 e. The number of thiazole rings is 1. The van der Waals surface area contributed by atoms with Crippen LogP contribution in [0.5, 0.6) is 0 Å². The summed E-state index contributed by atoms with van der Waals surface area (Å²) in [6.07, 6.45) is 2.01. The first-order valence-corrected chi connectivity index (χ1v) is 8.92. The Bertz CT molecular complexity index is 840. The van der Waals surface area contributed by atoms with Crippen molar-refractivity contribution in [1.82, 2.24) is 4.98 Å². The molecule has 1 N–H and O–H groups in total. The normalized spacial score (nSPS) is 10.6. The van der Waals surface area contributed by atoms with Crippen LogP contribution in [0.15, 0.2) is 54.6 Å². The molecule has 0 aliphatic rings. The maximum atomic E-state index is 12.4. The molecular weight excluding hydrogens is 316 g/mol. The van der Waals surface area contributed by atoms with Crippen LogP contribution in [-0.4, -0.2) is 10.9 Å². The number of nitrogens with one attached hydrogen (secondary N) is 1. The number of amides is 1. The van der Waals surface area contributed by atoms with Crippen molar-refractivity contribution in [3.05, 3.63) is 70.6 Å². The van der Waals surface area contributed by atoms with E-state index in [1.165, 1.54) is 4.88 Å². The van der Waals surface area contributed by atoms with Gasteiger partial charge in [-0.3, -0.25) is 10.1 Å². The molecule has 0 spiro atoms. The van der Waals surface area contributed by atoms with E-state index < -0.39 is 0 Å². The van der Waals surface area contributed by atoms with Crippen molar-refractivity contribution in [2.24, 2.45) is 0 Å². The average molecular weight is 336 g/mol. The monoisotopic (exact) mass is 336 g/mol. The predicted octanol–water partition coefficient (Wildman–Crippen LogP) is 5.32.